The zero-order chi connectivity index (χ0) is 12.8. The van der Waals surface area contributed by atoms with Gasteiger partial charge in [0.05, 0.1) is 13.2 Å². The molecular formula is C12H19N3O2S. The summed E-state index contributed by atoms with van der Waals surface area (Å²) in [6, 6.07) is 1.85. The Balaban J connectivity index is 2.06. The summed E-state index contributed by atoms with van der Waals surface area (Å²) in [5.74, 6) is 1.45. The van der Waals surface area contributed by atoms with Crippen LogP contribution in [0.15, 0.2) is 11.2 Å². The van der Waals surface area contributed by atoms with Crippen LogP contribution in [0, 0.1) is 0 Å². The third-order valence-electron chi connectivity index (χ3n) is 2.60. The Bertz CT molecular complexity index is 384. The maximum Gasteiger partial charge on any atom is 0.219 e. The van der Waals surface area contributed by atoms with E-state index in [4.69, 9.17) is 9.47 Å². The van der Waals surface area contributed by atoms with Gasteiger partial charge >= 0.3 is 0 Å². The lowest BCUT2D eigenvalue weighted by molar-refractivity contribution is 0.137. The summed E-state index contributed by atoms with van der Waals surface area (Å²) in [4.78, 5) is 8.75. The van der Waals surface area contributed by atoms with Crippen molar-refractivity contribution in [1.29, 1.82) is 0 Å². The summed E-state index contributed by atoms with van der Waals surface area (Å²) in [6.07, 6.45) is 4.07. The molecule has 1 aromatic heterocycles. The molecule has 2 heterocycles. The van der Waals surface area contributed by atoms with Gasteiger partial charge in [0.25, 0.3) is 0 Å². The fourth-order valence-electron chi connectivity index (χ4n) is 1.68. The lowest BCUT2D eigenvalue weighted by Gasteiger charge is -2.13. The first-order chi connectivity index (χ1) is 8.81. The zero-order valence-corrected chi connectivity index (χ0v) is 11.6. The predicted molar refractivity (Wildman–Crippen MR) is 72.4 cm³/mol. The molecule has 0 amide bonds. The largest absolute Gasteiger partial charge is 0.472 e. The second-order valence-corrected chi connectivity index (χ2v) is 4.88. The van der Waals surface area contributed by atoms with Crippen molar-refractivity contribution in [2.45, 2.75) is 31.0 Å². The van der Waals surface area contributed by atoms with Crippen LogP contribution >= 0.6 is 11.8 Å². The molecule has 1 saturated heterocycles. The van der Waals surface area contributed by atoms with Gasteiger partial charge in [-0.25, -0.2) is 4.98 Å². The number of anilines is 1. The Labute approximate surface area is 112 Å². The van der Waals surface area contributed by atoms with Crippen LogP contribution < -0.4 is 10.1 Å². The number of aromatic nitrogens is 2. The molecule has 0 radical (unpaired) electrons. The number of nitrogens with zero attached hydrogens (tertiary/aromatic N) is 2. The molecule has 0 bridgehead atoms. The molecule has 0 spiro atoms. The molecular weight excluding hydrogens is 250 g/mol. The van der Waals surface area contributed by atoms with Crippen LogP contribution in [-0.4, -0.2) is 42.1 Å². The first-order valence-electron chi connectivity index (χ1n) is 6.23. The van der Waals surface area contributed by atoms with Crippen molar-refractivity contribution in [1.82, 2.24) is 9.97 Å². The van der Waals surface area contributed by atoms with E-state index in [1.807, 2.05) is 12.3 Å². The lowest BCUT2D eigenvalue weighted by atomic mass is 10.3. The molecule has 1 atom stereocenters. The van der Waals surface area contributed by atoms with Gasteiger partial charge in [0.1, 0.15) is 11.9 Å². The monoisotopic (exact) mass is 269 g/mol. The van der Waals surface area contributed by atoms with Crippen molar-refractivity contribution in [3.05, 3.63) is 6.07 Å². The van der Waals surface area contributed by atoms with Gasteiger partial charge in [-0.05, 0) is 12.7 Å². The first kappa shape index (κ1) is 13.4. The fraction of sp³-hybridized carbons (Fsp3) is 0.667. The summed E-state index contributed by atoms with van der Waals surface area (Å²) in [5.41, 5.74) is 0. The Morgan fingerprint density at radius 2 is 2.44 bits per heavy atom. The average Bonchev–Trinajstić information content (AvgIpc) is 2.89. The minimum Gasteiger partial charge on any atom is -0.472 e. The van der Waals surface area contributed by atoms with E-state index in [0.29, 0.717) is 12.5 Å². The first-order valence-corrected chi connectivity index (χ1v) is 7.45. The van der Waals surface area contributed by atoms with Gasteiger partial charge in [0.2, 0.25) is 5.88 Å². The predicted octanol–water partition coefficient (Wildman–Crippen LogP) is 2.19. The van der Waals surface area contributed by atoms with Crippen molar-refractivity contribution in [3.8, 4) is 5.88 Å². The van der Waals surface area contributed by atoms with Crippen molar-refractivity contribution in [2.75, 3.05) is 31.3 Å². The quantitative estimate of drug-likeness (QED) is 0.631. The third-order valence-corrected chi connectivity index (χ3v) is 3.14. The summed E-state index contributed by atoms with van der Waals surface area (Å²) in [5, 5.41) is 3.99. The van der Waals surface area contributed by atoms with E-state index in [0.717, 1.165) is 37.0 Å². The number of thioether (sulfide) groups is 1. The van der Waals surface area contributed by atoms with Crippen LogP contribution in [0.2, 0.25) is 0 Å². The molecule has 5 nitrogen and oxygen atoms in total. The van der Waals surface area contributed by atoms with Crippen LogP contribution in [0.1, 0.15) is 19.8 Å². The molecule has 0 aliphatic carbocycles. The Morgan fingerprint density at radius 3 is 3.11 bits per heavy atom. The van der Waals surface area contributed by atoms with E-state index in [1.165, 1.54) is 11.8 Å². The van der Waals surface area contributed by atoms with E-state index in [2.05, 4.69) is 22.2 Å². The summed E-state index contributed by atoms with van der Waals surface area (Å²) >= 11 is 1.52. The van der Waals surface area contributed by atoms with Gasteiger partial charge in [0.15, 0.2) is 5.16 Å². The highest BCUT2D eigenvalue weighted by molar-refractivity contribution is 7.98. The second kappa shape index (κ2) is 6.80. The average molecular weight is 269 g/mol. The highest BCUT2D eigenvalue weighted by atomic mass is 32.2. The van der Waals surface area contributed by atoms with Crippen LogP contribution in [0.4, 0.5) is 5.82 Å². The van der Waals surface area contributed by atoms with Crippen molar-refractivity contribution >= 4 is 17.6 Å². The minimum absolute atomic E-state index is 0.119. The molecule has 0 saturated carbocycles. The minimum atomic E-state index is 0.119. The molecule has 1 N–H and O–H groups in total. The Morgan fingerprint density at radius 1 is 1.56 bits per heavy atom. The molecule has 1 fully saturated rings. The van der Waals surface area contributed by atoms with Gasteiger partial charge in [-0.15, -0.1) is 0 Å². The van der Waals surface area contributed by atoms with Gasteiger partial charge in [-0.1, -0.05) is 18.7 Å². The van der Waals surface area contributed by atoms with E-state index in [9.17, 15) is 0 Å². The topological polar surface area (TPSA) is 56.3 Å². The Kier molecular flexibility index (Phi) is 5.07. The van der Waals surface area contributed by atoms with Crippen LogP contribution in [0.3, 0.4) is 0 Å². The maximum absolute atomic E-state index is 5.81. The summed E-state index contributed by atoms with van der Waals surface area (Å²) in [7, 11) is 0. The van der Waals surface area contributed by atoms with E-state index in [-0.39, 0.29) is 6.10 Å². The van der Waals surface area contributed by atoms with Gasteiger partial charge in [-0.3, -0.25) is 0 Å². The van der Waals surface area contributed by atoms with E-state index in [1.54, 1.807) is 0 Å². The summed E-state index contributed by atoms with van der Waals surface area (Å²) in [6.45, 7) is 4.44. The Hall–Kier alpha value is -1.01. The van der Waals surface area contributed by atoms with Crippen LogP contribution in [-0.2, 0) is 4.74 Å². The highest BCUT2D eigenvalue weighted by Crippen LogP contribution is 2.21. The van der Waals surface area contributed by atoms with Gasteiger partial charge in [-0.2, -0.15) is 4.98 Å². The smallest absolute Gasteiger partial charge is 0.219 e. The third kappa shape index (κ3) is 3.74. The number of hydrogen-bond acceptors (Lipinski definition) is 6. The number of nitrogens with one attached hydrogen (secondary N) is 1. The van der Waals surface area contributed by atoms with Crippen LogP contribution in [0.5, 0.6) is 5.88 Å². The standard InChI is InChI=1S/C12H19N3O2S/c1-3-5-13-10-7-11(15-12(14-10)18-2)17-9-4-6-16-8-9/h7,9H,3-6,8H2,1-2H3,(H,13,14,15). The fourth-order valence-corrected chi connectivity index (χ4v) is 2.05. The normalized spacial score (nSPS) is 18.9. The molecule has 18 heavy (non-hydrogen) atoms. The molecule has 100 valence electrons. The molecule has 1 aliphatic heterocycles. The maximum atomic E-state index is 5.81. The number of hydrogen-bond donors (Lipinski definition) is 1. The molecule has 1 unspecified atom stereocenters. The summed E-state index contributed by atoms with van der Waals surface area (Å²) < 4.78 is 11.1. The van der Waals surface area contributed by atoms with Gasteiger partial charge < -0.3 is 14.8 Å². The SMILES string of the molecule is CCCNc1cc(OC2CCOC2)nc(SC)n1. The zero-order valence-electron chi connectivity index (χ0n) is 10.8. The molecule has 0 aromatic carbocycles. The number of rotatable bonds is 6. The number of ether oxygens (including phenoxy) is 2. The molecule has 2 rings (SSSR count). The lowest BCUT2D eigenvalue weighted by Crippen LogP contribution is -2.17. The highest BCUT2D eigenvalue weighted by Gasteiger charge is 2.18. The van der Waals surface area contributed by atoms with Gasteiger partial charge in [0, 0.05) is 19.0 Å². The second-order valence-electron chi connectivity index (χ2n) is 4.11. The van der Waals surface area contributed by atoms with E-state index < -0.39 is 0 Å². The van der Waals surface area contributed by atoms with Crippen molar-refractivity contribution < 1.29 is 9.47 Å². The van der Waals surface area contributed by atoms with Crippen molar-refractivity contribution in [2.24, 2.45) is 0 Å². The molecule has 1 aliphatic rings. The van der Waals surface area contributed by atoms with Crippen LogP contribution in [0.25, 0.3) is 0 Å². The van der Waals surface area contributed by atoms with E-state index >= 15 is 0 Å². The molecule has 1 aromatic rings. The molecule has 6 heteroatoms. The van der Waals surface area contributed by atoms with Crippen molar-refractivity contribution in [3.63, 3.8) is 0 Å².